The lowest BCUT2D eigenvalue weighted by molar-refractivity contribution is 0.104. The van der Waals surface area contributed by atoms with Crippen LogP contribution in [0.3, 0.4) is 0 Å². The van der Waals surface area contributed by atoms with Gasteiger partial charge in [0, 0.05) is 48.1 Å². The number of aromatic hydroxyl groups is 1. The molecule has 0 saturated heterocycles. The molecule has 6 heteroatoms. The Hall–Kier alpha value is -2.99. The van der Waals surface area contributed by atoms with Gasteiger partial charge >= 0.3 is 0 Å². The molecule has 2 N–H and O–H groups in total. The lowest BCUT2D eigenvalue weighted by Gasteiger charge is -2.15. The molecule has 1 aliphatic carbocycles. The molecule has 0 unspecified atom stereocenters. The van der Waals surface area contributed by atoms with E-state index in [1.165, 1.54) is 0 Å². The smallest absolute Gasteiger partial charge is 0.199 e. The van der Waals surface area contributed by atoms with Gasteiger partial charge in [0.1, 0.15) is 11.6 Å². The molecule has 1 aliphatic rings. The van der Waals surface area contributed by atoms with Gasteiger partial charge in [-0.1, -0.05) is 0 Å². The molecule has 1 aromatic carbocycles. The van der Waals surface area contributed by atoms with Crippen LogP contribution >= 0.6 is 0 Å². The van der Waals surface area contributed by atoms with Crippen molar-refractivity contribution < 1.29 is 9.90 Å². The van der Waals surface area contributed by atoms with Gasteiger partial charge in [0.2, 0.25) is 0 Å². The summed E-state index contributed by atoms with van der Waals surface area (Å²) in [6, 6.07) is 6.90. The highest BCUT2D eigenvalue weighted by molar-refractivity contribution is 6.27. The predicted octanol–water partition coefficient (Wildman–Crippen LogP) is 2.52. The van der Waals surface area contributed by atoms with Crippen LogP contribution in [0.5, 0.6) is 5.75 Å². The number of phenolic OH excluding ortho intramolecular Hbond substituents is 1. The number of hydrogen-bond donors (Lipinski definition) is 2. The molecule has 4 rings (SSSR count). The van der Waals surface area contributed by atoms with Crippen molar-refractivity contribution in [3.05, 3.63) is 47.8 Å². The fraction of sp³-hybridized carbons (Fsp3) is 0.211. The normalized spacial score (nSPS) is 12.5. The first-order chi connectivity index (χ1) is 12.1. The number of carbonyl (C=O) groups excluding carboxylic acids is 1. The van der Waals surface area contributed by atoms with Gasteiger partial charge in [0.15, 0.2) is 5.78 Å². The van der Waals surface area contributed by atoms with Gasteiger partial charge in [-0.3, -0.25) is 9.78 Å². The summed E-state index contributed by atoms with van der Waals surface area (Å²) < 4.78 is 0. The summed E-state index contributed by atoms with van der Waals surface area (Å²) in [4.78, 5) is 23.7. The molecular weight excluding hydrogens is 316 g/mol. The molecule has 0 bridgehead atoms. The van der Waals surface area contributed by atoms with Gasteiger partial charge in [0.05, 0.1) is 11.1 Å². The van der Waals surface area contributed by atoms with Crippen LogP contribution in [0.4, 0.5) is 5.82 Å². The van der Waals surface area contributed by atoms with E-state index in [1.54, 1.807) is 24.5 Å². The average molecular weight is 334 g/mol. The number of likely N-dealkylation sites (N-methyl/N-ethyl adjacent to an activating group) is 1. The summed E-state index contributed by atoms with van der Waals surface area (Å²) >= 11 is 0. The van der Waals surface area contributed by atoms with E-state index in [9.17, 15) is 9.90 Å². The van der Waals surface area contributed by atoms with Crippen LogP contribution in [0.15, 0.2) is 36.7 Å². The van der Waals surface area contributed by atoms with Crippen molar-refractivity contribution in [3.63, 3.8) is 0 Å². The van der Waals surface area contributed by atoms with Crippen LogP contribution in [0.2, 0.25) is 0 Å². The Balaban J connectivity index is 1.94. The number of pyridine rings is 2. The van der Waals surface area contributed by atoms with E-state index in [1.807, 2.05) is 26.2 Å². The van der Waals surface area contributed by atoms with Crippen molar-refractivity contribution in [2.24, 2.45) is 0 Å². The molecular formula is C19H18N4O2. The van der Waals surface area contributed by atoms with Crippen LogP contribution in [0.25, 0.3) is 22.0 Å². The minimum atomic E-state index is -0.0621. The summed E-state index contributed by atoms with van der Waals surface area (Å²) in [6.07, 6.45) is 3.29. The lowest BCUT2D eigenvalue weighted by atomic mass is 10.0. The standard InChI is InChI=1S/C19H18N4O2/c1-23(2)8-7-21-19-17-16(12-5-6-20-10-14(12)18(17)25)13-4-3-11(24)9-15(13)22-19/h3-6,9-10,24H,7-8H2,1-2H3,(H,21,22). The van der Waals surface area contributed by atoms with E-state index in [4.69, 9.17) is 0 Å². The fourth-order valence-corrected chi connectivity index (χ4v) is 3.21. The second-order valence-corrected chi connectivity index (χ2v) is 6.39. The first-order valence-electron chi connectivity index (χ1n) is 8.10. The van der Waals surface area contributed by atoms with Crippen LogP contribution in [-0.2, 0) is 0 Å². The van der Waals surface area contributed by atoms with Gasteiger partial charge < -0.3 is 15.3 Å². The summed E-state index contributed by atoms with van der Waals surface area (Å²) in [6.45, 7) is 1.48. The maximum Gasteiger partial charge on any atom is 0.199 e. The van der Waals surface area contributed by atoms with Crippen molar-refractivity contribution in [1.29, 1.82) is 0 Å². The number of hydrogen-bond acceptors (Lipinski definition) is 6. The Bertz CT molecular complexity index is 998. The maximum absolute atomic E-state index is 12.9. The van der Waals surface area contributed by atoms with Crippen molar-refractivity contribution in [2.45, 2.75) is 0 Å². The van der Waals surface area contributed by atoms with Crippen molar-refractivity contribution in [1.82, 2.24) is 14.9 Å². The molecule has 0 atom stereocenters. The summed E-state index contributed by atoms with van der Waals surface area (Å²) in [5.41, 5.74) is 3.56. The maximum atomic E-state index is 12.9. The number of carbonyl (C=O) groups is 1. The molecule has 0 fully saturated rings. The van der Waals surface area contributed by atoms with Crippen LogP contribution in [-0.4, -0.2) is 52.9 Å². The third-order valence-electron chi connectivity index (χ3n) is 4.38. The van der Waals surface area contributed by atoms with Crippen LogP contribution < -0.4 is 5.32 Å². The first kappa shape index (κ1) is 15.5. The number of anilines is 1. The Labute approximate surface area is 145 Å². The number of phenols is 1. The Morgan fingerprint density at radius 1 is 1.16 bits per heavy atom. The second kappa shape index (κ2) is 5.82. The summed E-state index contributed by atoms with van der Waals surface area (Å²) in [5.74, 6) is 0.641. The third kappa shape index (κ3) is 2.51. The number of nitrogens with zero attached hydrogens (tertiary/aromatic N) is 3. The van der Waals surface area contributed by atoms with Gasteiger partial charge in [-0.25, -0.2) is 4.98 Å². The number of ketones is 1. The number of nitrogens with one attached hydrogen (secondary N) is 1. The minimum absolute atomic E-state index is 0.0621. The largest absolute Gasteiger partial charge is 0.508 e. The minimum Gasteiger partial charge on any atom is -0.508 e. The first-order valence-corrected chi connectivity index (χ1v) is 8.10. The van der Waals surface area contributed by atoms with E-state index >= 15 is 0 Å². The van der Waals surface area contributed by atoms with E-state index < -0.39 is 0 Å². The Morgan fingerprint density at radius 3 is 2.80 bits per heavy atom. The van der Waals surface area contributed by atoms with E-state index in [2.05, 4.69) is 20.2 Å². The highest BCUT2D eigenvalue weighted by Gasteiger charge is 2.32. The number of rotatable bonds is 4. The number of benzene rings is 1. The highest BCUT2D eigenvalue weighted by atomic mass is 16.3. The van der Waals surface area contributed by atoms with E-state index in [0.717, 1.165) is 23.1 Å². The van der Waals surface area contributed by atoms with Crippen LogP contribution in [0.1, 0.15) is 15.9 Å². The summed E-state index contributed by atoms with van der Waals surface area (Å²) in [7, 11) is 3.98. The molecule has 2 aromatic heterocycles. The lowest BCUT2D eigenvalue weighted by Crippen LogP contribution is -2.22. The van der Waals surface area contributed by atoms with Crippen molar-refractivity contribution in [2.75, 3.05) is 32.5 Å². The molecule has 126 valence electrons. The molecule has 3 aromatic rings. The summed E-state index contributed by atoms with van der Waals surface area (Å²) in [5, 5.41) is 14.0. The predicted molar refractivity (Wildman–Crippen MR) is 97.1 cm³/mol. The second-order valence-electron chi connectivity index (χ2n) is 6.39. The topological polar surface area (TPSA) is 78.4 Å². The molecule has 0 amide bonds. The molecule has 0 saturated carbocycles. The molecule has 0 radical (unpaired) electrons. The molecule has 2 heterocycles. The van der Waals surface area contributed by atoms with E-state index in [-0.39, 0.29) is 11.5 Å². The van der Waals surface area contributed by atoms with E-state index in [0.29, 0.717) is 29.0 Å². The van der Waals surface area contributed by atoms with Gasteiger partial charge in [-0.15, -0.1) is 0 Å². The van der Waals surface area contributed by atoms with Gasteiger partial charge in [-0.05, 0) is 37.9 Å². The Morgan fingerprint density at radius 2 is 2.00 bits per heavy atom. The zero-order valence-corrected chi connectivity index (χ0v) is 14.1. The fourth-order valence-electron chi connectivity index (χ4n) is 3.21. The van der Waals surface area contributed by atoms with Gasteiger partial charge in [-0.2, -0.15) is 0 Å². The quantitative estimate of drug-likeness (QED) is 0.597. The molecule has 25 heavy (non-hydrogen) atoms. The zero-order chi connectivity index (χ0) is 17.6. The molecule has 6 nitrogen and oxygen atoms in total. The van der Waals surface area contributed by atoms with Crippen LogP contribution in [0, 0.1) is 0 Å². The molecule has 0 spiro atoms. The Kier molecular flexibility index (Phi) is 3.62. The SMILES string of the molecule is CN(C)CCNc1nc2cc(O)ccc2c2c1C(=O)c1cnccc1-2. The third-order valence-corrected chi connectivity index (χ3v) is 4.38. The zero-order valence-electron chi connectivity index (χ0n) is 14.1. The van der Waals surface area contributed by atoms with Gasteiger partial charge in [0.25, 0.3) is 0 Å². The average Bonchev–Trinajstić information content (AvgIpc) is 2.88. The molecule has 0 aliphatic heterocycles. The highest BCUT2D eigenvalue weighted by Crippen LogP contribution is 2.43. The van der Waals surface area contributed by atoms with Crippen molar-refractivity contribution >= 4 is 22.5 Å². The monoisotopic (exact) mass is 334 g/mol. The number of fused-ring (bicyclic) bond motifs is 5. The number of aromatic nitrogens is 2. The van der Waals surface area contributed by atoms with Crippen molar-refractivity contribution in [3.8, 4) is 16.9 Å².